The molecule has 2 rings (SSSR count). The largest absolute Gasteiger partial charge is 0.368 e. The van der Waals surface area contributed by atoms with Crippen LogP contribution in [0.2, 0.25) is 0 Å². The van der Waals surface area contributed by atoms with Crippen molar-refractivity contribution in [1.29, 1.82) is 0 Å². The van der Waals surface area contributed by atoms with Gasteiger partial charge in [0.2, 0.25) is 5.95 Å². The fourth-order valence-electron chi connectivity index (χ4n) is 1.08. The molecule has 66 valence electrons. The molecule has 0 bridgehead atoms. The molecule has 0 fully saturated rings. The summed E-state index contributed by atoms with van der Waals surface area (Å²) < 4.78 is 0. The molecule has 2 N–H and O–H groups in total. The molecule has 0 unspecified atom stereocenters. The van der Waals surface area contributed by atoms with Crippen molar-refractivity contribution in [3.63, 3.8) is 0 Å². The number of aromatic nitrogens is 2. The number of anilines is 1. The second-order valence-corrected chi connectivity index (χ2v) is 3.89. The van der Waals surface area contributed by atoms with E-state index in [2.05, 4.69) is 28.3 Å². The van der Waals surface area contributed by atoms with Gasteiger partial charge in [0.15, 0.2) is 0 Å². The first-order valence-corrected chi connectivity index (χ1v) is 4.77. The van der Waals surface area contributed by atoms with Gasteiger partial charge >= 0.3 is 0 Å². The Morgan fingerprint density at radius 2 is 1.92 bits per heavy atom. The van der Waals surface area contributed by atoms with Crippen molar-refractivity contribution in [3.05, 3.63) is 28.7 Å². The first kappa shape index (κ1) is 8.19. The number of nitrogens with zero attached hydrogens (tertiary/aromatic N) is 2. The predicted octanol–water partition coefficient (Wildman–Crippen LogP) is 2.10. The van der Waals surface area contributed by atoms with Crippen molar-refractivity contribution in [3.8, 4) is 11.1 Å². The third kappa shape index (κ3) is 1.67. The zero-order valence-electron chi connectivity index (χ0n) is 7.19. The van der Waals surface area contributed by atoms with Gasteiger partial charge < -0.3 is 5.73 Å². The van der Waals surface area contributed by atoms with Crippen LogP contribution in [-0.4, -0.2) is 9.97 Å². The van der Waals surface area contributed by atoms with Crippen LogP contribution < -0.4 is 5.73 Å². The zero-order valence-corrected chi connectivity index (χ0v) is 8.01. The van der Waals surface area contributed by atoms with Gasteiger partial charge in [-0.05, 0) is 23.9 Å². The summed E-state index contributed by atoms with van der Waals surface area (Å²) in [7, 11) is 0. The van der Waals surface area contributed by atoms with Crippen LogP contribution in [0.3, 0.4) is 0 Å². The van der Waals surface area contributed by atoms with Crippen LogP contribution in [0.15, 0.2) is 23.8 Å². The van der Waals surface area contributed by atoms with E-state index in [0.29, 0.717) is 5.95 Å². The lowest BCUT2D eigenvalue weighted by atomic mass is 10.2. The topological polar surface area (TPSA) is 51.8 Å². The van der Waals surface area contributed by atoms with Crippen molar-refractivity contribution < 1.29 is 0 Å². The Kier molecular flexibility index (Phi) is 1.98. The number of hydrogen-bond donors (Lipinski definition) is 1. The van der Waals surface area contributed by atoms with Gasteiger partial charge in [-0.15, -0.1) is 11.3 Å². The number of rotatable bonds is 1. The van der Waals surface area contributed by atoms with E-state index >= 15 is 0 Å². The highest BCUT2D eigenvalue weighted by molar-refractivity contribution is 7.10. The first-order chi connectivity index (χ1) is 6.25. The molecule has 3 nitrogen and oxygen atoms in total. The van der Waals surface area contributed by atoms with E-state index in [4.69, 9.17) is 5.73 Å². The number of thiophene rings is 1. The van der Waals surface area contributed by atoms with Gasteiger partial charge in [0.25, 0.3) is 0 Å². The van der Waals surface area contributed by atoms with Gasteiger partial charge in [0, 0.05) is 22.8 Å². The van der Waals surface area contributed by atoms with Crippen LogP contribution in [0.5, 0.6) is 0 Å². The highest BCUT2D eigenvalue weighted by Crippen LogP contribution is 2.23. The Labute approximate surface area is 80.3 Å². The summed E-state index contributed by atoms with van der Waals surface area (Å²) in [6.45, 7) is 2.08. The molecule has 2 aromatic heterocycles. The van der Waals surface area contributed by atoms with Gasteiger partial charge in [-0.2, -0.15) is 0 Å². The molecule has 0 saturated carbocycles. The Balaban J connectivity index is 2.41. The summed E-state index contributed by atoms with van der Waals surface area (Å²) in [5, 5.41) is 2.09. The van der Waals surface area contributed by atoms with E-state index in [9.17, 15) is 0 Å². The first-order valence-electron chi connectivity index (χ1n) is 3.89. The normalized spacial score (nSPS) is 10.2. The molecule has 0 saturated heterocycles. The van der Waals surface area contributed by atoms with E-state index in [0.717, 1.165) is 11.1 Å². The van der Waals surface area contributed by atoms with Crippen LogP contribution in [0.4, 0.5) is 5.95 Å². The maximum absolute atomic E-state index is 5.39. The third-order valence-electron chi connectivity index (χ3n) is 1.74. The maximum atomic E-state index is 5.39. The number of nitrogen functional groups attached to an aromatic ring is 1. The SMILES string of the molecule is Cc1cc(-c2cnc(N)nc2)cs1. The van der Waals surface area contributed by atoms with Gasteiger partial charge in [-0.25, -0.2) is 9.97 Å². The Hall–Kier alpha value is -1.42. The van der Waals surface area contributed by atoms with E-state index < -0.39 is 0 Å². The summed E-state index contributed by atoms with van der Waals surface area (Å²) in [6.07, 6.45) is 3.48. The molecule has 0 amide bonds. The lowest BCUT2D eigenvalue weighted by molar-refractivity contribution is 1.19. The Bertz CT molecular complexity index is 405. The summed E-state index contributed by atoms with van der Waals surface area (Å²) in [5.41, 5.74) is 7.56. The molecule has 2 heterocycles. The molecular formula is C9H9N3S. The zero-order chi connectivity index (χ0) is 9.26. The van der Waals surface area contributed by atoms with Crippen molar-refractivity contribution >= 4 is 17.3 Å². The van der Waals surface area contributed by atoms with Gasteiger partial charge in [0.1, 0.15) is 0 Å². The standard InChI is InChI=1S/C9H9N3S/c1-6-2-7(5-13-6)8-3-11-9(10)12-4-8/h2-5H,1H3,(H2,10,11,12). The van der Waals surface area contributed by atoms with Crippen LogP contribution in [0, 0.1) is 6.92 Å². The molecular weight excluding hydrogens is 182 g/mol. The second-order valence-electron chi connectivity index (χ2n) is 2.78. The molecule has 13 heavy (non-hydrogen) atoms. The quantitative estimate of drug-likeness (QED) is 0.751. The van der Waals surface area contributed by atoms with Crippen molar-refractivity contribution in [2.75, 3.05) is 5.73 Å². The summed E-state index contributed by atoms with van der Waals surface area (Å²) >= 11 is 1.72. The fraction of sp³-hybridized carbons (Fsp3) is 0.111. The lowest BCUT2D eigenvalue weighted by Crippen LogP contribution is -1.92. The maximum Gasteiger partial charge on any atom is 0.219 e. The molecule has 4 heteroatoms. The number of aryl methyl sites for hydroxylation is 1. The Morgan fingerprint density at radius 3 is 2.46 bits per heavy atom. The van der Waals surface area contributed by atoms with Crippen molar-refractivity contribution in [2.45, 2.75) is 6.92 Å². The average molecular weight is 191 g/mol. The average Bonchev–Trinajstić information content (AvgIpc) is 2.53. The summed E-state index contributed by atoms with van der Waals surface area (Å²) in [5.74, 6) is 0.315. The fourth-order valence-corrected chi connectivity index (χ4v) is 1.79. The molecule has 2 aromatic rings. The van der Waals surface area contributed by atoms with E-state index in [1.807, 2.05) is 0 Å². The smallest absolute Gasteiger partial charge is 0.219 e. The molecule has 0 atom stereocenters. The molecule has 0 aliphatic carbocycles. The van der Waals surface area contributed by atoms with E-state index in [1.165, 1.54) is 4.88 Å². The van der Waals surface area contributed by atoms with Crippen LogP contribution in [-0.2, 0) is 0 Å². The third-order valence-corrected chi connectivity index (χ3v) is 2.60. The van der Waals surface area contributed by atoms with Gasteiger partial charge in [0.05, 0.1) is 0 Å². The van der Waals surface area contributed by atoms with Gasteiger partial charge in [-0.3, -0.25) is 0 Å². The van der Waals surface area contributed by atoms with Gasteiger partial charge in [-0.1, -0.05) is 0 Å². The van der Waals surface area contributed by atoms with Crippen LogP contribution in [0.1, 0.15) is 4.88 Å². The molecule has 0 aromatic carbocycles. The predicted molar refractivity (Wildman–Crippen MR) is 54.5 cm³/mol. The lowest BCUT2D eigenvalue weighted by Gasteiger charge is -1.95. The molecule has 0 aliphatic heterocycles. The second kappa shape index (κ2) is 3.14. The minimum Gasteiger partial charge on any atom is -0.368 e. The van der Waals surface area contributed by atoms with E-state index in [-0.39, 0.29) is 0 Å². The Morgan fingerprint density at radius 1 is 1.23 bits per heavy atom. The highest BCUT2D eigenvalue weighted by atomic mass is 32.1. The molecule has 0 aliphatic rings. The highest BCUT2D eigenvalue weighted by Gasteiger charge is 2.00. The summed E-state index contributed by atoms with van der Waals surface area (Å²) in [6, 6.07) is 2.11. The van der Waals surface area contributed by atoms with Crippen molar-refractivity contribution in [1.82, 2.24) is 9.97 Å². The minimum absolute atomic E-state index is 0.315. The van der Waals surface area contributed by atoms with Crippen molar-refractivity contribution in [2.24, 2.45) is 0 Å². The van der Waals surface area contributed by atoms with Crippen LogP contribution in [0.25, 0.3) is 11.1 Å². The molecule has 0 radical (unpaired) electrons. The monoisotopic (exact) mass is 191 g/mol. The summed E-state index contributed by atoms with van der Waals surface area (Å²) in [4.78, 5) is 9.16. The van der Waals surface area contributed by atoms with E-state index in [1.54, 1.807) is 23.7 Å². The number of nitrogens with two attached hydrogens (primary N) is 1. The number of hydrogen-bond acceptors (Lipinski definition) is 4. The van der Waals surface area contributed by atoms with Crippen LogP contribution >= 0.6 is 11.3 Å². The minimum atomic E-state index is 0.315. The molecule has 0 spiro atoms.